The van der Waals surface area contributed by atoms with Gasteiger partial charge in [-0.1, -0.05) is 24.3 Å². The molecule has 0 radical (unpaired) electrons. The van der Waals surface area contributed by atoms with E-state index in [2.05, 4.69) is 48.9 Å². The summed E-state index contributed by atoms with van der Waals surface area (Å²) in [4.78, 5) is 21.7. The second-order valence-corrected chi connectivity index (χ2v) is 7.93. The molecular formula is C22H20BrN5O. The number of aromatic nitrogens is 2. The molecule has 2 aromatic heterocycles. The van der Waals surface area contributed by atoms with E-state index in [0.29, 0.717) is 13.1 Å². The highest BCUT2D eigenvalue weighted by atomic mass is 79.9. The number of nitrogens with one attached hydrogen (secondary N) is 1. The fourth-order valence-corrected chi connectivity index (χ4v) is 4.20. The second-order valence-electron chi connectivity index (χ2n) is 7.07. The summed E-state index contributed by atoms with van der Waals surface area (Å²) in [6.45, 7) is 2.79. The highest BCUT2D eigenvalue weighted by molar-refractivity contribution is 9.10. The number of benzene rings is 2. The van der Waals surface area contributed by atoms with E-state index in [1.54, 1.807) is 0 Å². The molecule has 1 fully saturated rings. The van der Waals surface area contributed by atoms with Crippen molar-refractivity contribution in [3.05, 3.63) is 71.3 Å². The number of para-hydroxylation sites is 3. The fourth-order valence-electron chi connectivity index (χ4n) is 3.82. The van der Waals surface area contributed by atoms with Crippen LogP contribution in [0.25, 0.3) is 16.6 Å². The van der Waals surface area contributed by atoms with Crippen LogP contribution in [0.4, 0.5) is 16.3 Å². The predicted octanol–water partition coefficient (Wildman–Crippen LogP) is 4.60. The normalized spacial score (nSPS) is 14.5. The minimum absolute atomic E-state index is 0.0733. The number of rotatable bonds is 2. The number of amides is 2. The zero-order valence-corrected chi connectivity index (χ0v) is 17.3. The standard InChI is InChI=1S/C22H20BrN5O/c23-16-6-1-2-7-17(16)25-22(29)27-14-12-26(13-15-27)21-20-10-5-11-28(20)19-9-4-3-8-18(19)24-21/h1-11H,12-15H2,(H,25,29). The van der Waals surface area contributed by atoms with Gasteiger partial charge in [-0.15, -0.1) is 0 Å². The van der Waals surface area contributed by atoms with Crippen molar-refractivity contribution in [1.29, 1.82) is 0 Å². The molecule has 29 heavy (non-hydrogen) atoms. The zero-order valence-electron chi connectivity index (χ0n) is 15.8. The van der Waals surface area contributed by atoms with E-state index < -0.39 is 0 Å². The van der Waals surface area contributed by atoms with Gasteiger partial charge in [0.15, 0.2) is 5.82 Å². The number of carbonyl (C=O) groups excluding carboxylic acids is 1. The Balaban J connectivity index is 1.35. The van der Waals surface area contributed by atoms with Crippen LogP contribution in [-0.2, 0) is 0 Å². The summed E-state index contributed by atoms with van der Waals surface area (Å²) in [7, 11) is 0. The Hall–Kier alpha value is -3.06. The van der Waals surface area contributed by atoms with Crippen molar-refractivity contribution >= 4 is 50.0 Å². The predicted molar refractivity (Wildman–Crippen MR) is 120 cm³/mol. The molecule has 2 aromatic carbocycles. The lowest BCUT2D eigenvalue weighted by Crippen LogP contribution is -2.50. The molecular weight excluding hydrogens is 430 g/mol. The van der Waals surface area contributed by atoms with Crippen LogP contribution < -0.4 is 10.2 Å². The molecule has 2 amide bonds. The first-order valence-corrected chi connectivity index (χ1v) is 10.4. The van der Waals surface area contributed by atoms with Crippen molar-refractivity contribution in [1.82, 2.24) is 14.3 Å². The lowest BCUT2D eigenvalue weighted by atomic mass is 10.2. The molecule has 4 aromatic rings. The molecule has 0 spiro atoms. The lowest BCUT2D eigenvalue weighted by molar-refractivity contribution is 0.208. The Morgan fingerprint density at radius 1 is 0.897 bits per heavy atom. The molecule has 1 aliphatic rings. The summed E-state index contributed by atoms with van der Waals surface area (Å²) < 4.78 is 3.06. The van der Waals surface area contributed by atoms with Crippen LogP contribution >= 0.6 is 15.9 Å². The number of urea groups is 1. The van der Waals surface area contributed by atoms with Gasteiger partial charge in [-0.2, -0.15) is 0 Å². The average molecular weight is 450 g/mol. The van der Waals surface area contributed by atoms with Crippen molar-refractivity contribution in [2.24, 2.45) is 0 Å². The van der Waals surface area contributed by atoms with Gasteiger partial charge in [0, 0.05) is 36.8 Å². The Morgan fingerprint density at radius 2 is 1.62 bits per heavy atom. The highest BCUT2D eigenvalue weighted by Crippen LogP contribution is 2.26. The number of hydrogen-bond donors (Lipinski definition) is 1. The van der Waals surface area contributed by atoms with Gasteiger partial charge in [-0.25, -0.2) is 9.78 Å². The van der Waals surface area contributed by atoms with Gasteiger partial charge in [-0.05, 0) is 52.3 Å². The molecule has 0 unspecified atom stereocenters. The van der Waals surface area contributed by atoms with Crippen molar-refractivity contribution in [3.63, 3.8) is 0 Å². The number of halogens is 1. The molecule has 0 bridgehead atoms. The minimum Gasteiger partial charge on any atom is -0.351 e. The number of fused-ring (bicyclic) bond motifs is 3. The molecule has 0 aliphatic carbocycles. The summed E-state index contributed by atoms with van der Waals surface area (Å²) in [5.74, 6) is 0.972. The van der Waals surface area contributed by atoms with Gasteiger partial charge in [-0.3, -0.25) is 0 Å². The first-order chi connectivity index (χ1) is 14.2. The van der Waals surface area contributed by atoms with Crippen molar-refractivity contribution < 1.29 is 4.79 Å². The van der Waals surface area contributed by atoms with Crippen LogP contribution in [0.1, 0.15) is 0 Å². The molecule has 1 aliphatic heterocycles. The maximum absolute atomic E-state index is 12.7. The lowest BCUT2D eigenvalue weighted by Gasteiger charge is -2.35. The van der Waals surface area contributed by atoms with Crippen molar-refractivity contribution in [3.8, 4) is 0 Å². The second kappa shape index (κ2) is 7.40. The van der Waals surface area contributed by atoms with Gasteiger partial charge in [0.25, 0.3) is 0 Å². The number of piperazine rings is 1. The molecule has 1 saturated heterocycles. The van der Waals surface area contributed by atoms with E-state index in [9.17, 15) is 4.79 Å². The summed E-state index contributed by atoms with van der Waals surface area (Å²) >= 11 is 3.48. The summed E-state index contributed by atoms with van der Waals surface area (Å²) in [5, 5.41) is 2.99. The number of nitrogens with zero attached hydrogens (tertiary/aromatic N) is 4. The SMILES string of the molecule is O=C(Nc1ccccc1Br)N1CCN(c2nc3ccccc3n3cccc23)CC1. The largest absolute Gasteiger partial charge is 0.351 e. The number of hydrogen-bond acceptors (Lipinski definition) is 3. The van der Waals surface area contributed by atoms with Crippen LogP contribution in [0.2, 0.25) is 0 Å². The average Bonchev–Trinajstić information content (AvgIpc) is 3.25. The van der Waals surface area contributed by atoms with Crippen LogP contribution in [0.3, 0.4) is 0 Å². The molecule has 5 rings (SSSR count). The zero-order chi connectivity index (χ0) is 19.8. The van der Waals surface area contributed by atoms with Crippen LogP contribution in [-0.4, -0.2) is 46.5 Å². The van der Waals surface area contributed by atoms with Gasteiger partial charge in [0.05, 0.1) is 22.2 Å². The maximum atomic E-state index is 12.7. The van der Waals surface area contributed by atoms with E-state index in [-0.39, 0.29) is 6.03 Å². The van der Waals surface area contributed by atoms with Crippen LogP contribution in [0, 0.1) is 0 Å². The van der Waals surface area contributed by atoms with Crippen molar-refractivity contribution in [2.45, 2.75) is 0 Å². The third-order valence-corrected chi connectivity index (χ3v) is 6.02. The van der Waals surface area contributed by atoms with Gasteiger partial charge in [0.2, 0.25) is 0 Å². The molecule has 3 heterocycles. The molecule has 0 atom stereocenters. The molecule has 0 saturated carbocycles. The Morgan fingerprint density at radius 3 is 2.45 bits per heavy atom. The third-order valence-electron chi connectivity index (χ3n) is 5.33. The van der Waals surface area contributed by atoms with E-state index in [0.717, 1.165) is 45.6 Å². The van der Waals surface area contributed by atoms with E-state index in [4.69, 9.17) is 4.98 Å². The highest BCUT2D eigenvalue weighted by Gasteiger charge is 2.24. The maximum Gasteiger partial charge on any atom is 0.321 e. The quantitative estimate of drug-likeness (QED) is 0.486. The van der Waals surface area contributed by atoms with Gasteiger partial charge < -0.3 is 19.5 Å². The van der Waals surface area contributed by atoms with E-state index in [1.807, 2.05) is 53.4 Å². The molecule has 146 valence electrons. The summed E-state index contributed by atoms with van der Waals surface area (Å²) in [6.07, 6.45) is 2.07. The summed E-state index contributed by atoms with van der Waals surface area (Å²) in [6, 6.07) is 19.9. The summed E-state index contributed by atoms with van der Waals surface area (Å²) in [5.41, 5.74) is 3.95. The first kappa shape index (κ1) is 18.0. The van der Waals surface area contributed by atoms with Crippen LogP contribution in [0.15, 0.2) is 71.3 Å². The van der Waals surface area contributed by atoms with E-state index >= 15 is 0 Å². The number of carbonyl (C=O) groups is 1. The van der Waals surface area contributed by atoms with Crippen molar-refractivity contribution in [2.75, 3.05) is 36.4 Å². The third kappa shape index (κ3) is 3.31. The fraction of sp³-hybridized carbons (Fsp3) is 0.182. The monoisotopic (exact) mass is 449 g/mol. The number of anilines is 2. The molecule has 6 nitrogen and oxygen atoms in total. The minimum atomic E-state index is -0.0733. The molecule has 7 heteroatoms. The Labute approximate surface area is 176 Å². The molecule has 1 N–H and O–H groups in total. The van der Waals surface area contributed by atoms with Gasteiger partial charge in [0.1, 0.15) is 0 Å². The Kier molecular flexibility index (Phi) is 4.60. The topological polar surface area (TPSA) is 52.9 Å². The van der Waals surface area contributed by atoms with Gasteiger partial charge >= 0.3 is 6.03 Å². The first-order valence-electron chi connectivity index (χ1n) is 9.62. The van der Waals surface area contributed by atoms with Crippen LogP contribution in [0.5, 0.6) is 0 Å². The smallest absolute Gasteiger partial charge is 0.321 e. The Bertz CT molecular complexity index is 1200. The van der Waals surface area contributed by atoms with E-state index in [1.165, 1.54) is 0 Å².